The number of aromatic nitrogens is 3. The fraction of sp³-hybridized carbons (Fsp3) is 0.667. The topological polar surface area (TPSA) is 63.0 Å². The van der Waals surface area contributed by atoms with Crippen LogP contribution in [0.25, 0.3) is 5.65 Å². The number of hydrogen-bond donors (Lipinski definition) is 0. The molecule has 2 aromatic heterocycles. The molecule has 4 aliphatic rings. The summed E-state index contributed by atoms with van der Waals surface area (Å²) in [7, 11) is 0. The van der Waals surface area contributed by atoms with Gasteiger partial charge in [0.1, 0.15) is 12.0 Å². The molecular weight excluding hydrogens is 373 g/mol. The maximum absolute atomic E-state index is 13.8. The van der Waals surface area contributed by atoms with Crippen LogP contribution < -0.4 is 4.90 Å². The second-order valence-corrected chi connectivity index (χ2v) is 8.99. The van der Waals surface area contributed by atoms with Crippen LogP contribution in [0.5, 0.6) is 0 Å². The number of nitrogens with zero attached hydrogens (tertiary/aromatic N) is 5. The van der Waals surface area contributed by atoms with Gasteiger partial charge in [-0.15, -0.1) is 0 Å². The van der Waals surface area contributed by atoms with Gasteiger partial charge in [0, 0.05) is 38.2 Å². The highest BCUT2D eigenvalue weighted by molar-refractivity contribution is 5.88. The maximum atomic E-state index is 13.8. The van der Waals surface area contributed by atoms with Crippen molar-refractivity contribution in [1.82, 2.24) is 19.5 Å². The summed E-state index contributed by atoms with van der Waals surface area (Å²) in [6.07, 6.45) is 11.2. The van der Waals surface area contributed by atoms with Crippen molar-refractivity contribution >= 4 is 17.4 Å². The molecule has 0 N–H and O–H groups in total. The largest absolute Gasteiger partial charge is 0.356 e. The van der Waals surface area contributed by atoms with Crippen LogP contribution in [-0.4, -0.2) is 56.4 Å². The second kappa shape index (κ2) is 6.39. The Morgan fingerprint density at radius 3 is 2.72 bits per heavy atom. The molecular formula is C21H26FN5O2. The van der Waals surface area contributed by atoms with Gasteiger partial charge >= 0.3 is 0 Å². The Bertz CT molecular complexity index is 948. The van der Waals surface area contributed by atoms with Gasteiger partial charge in [-0.1, -0.05) is 12.8 Å². The van der Waals surface area contributed by atoms with Crippen LogP contribution >= 0.6 is 0 Å². The first-order chi connectivity index (χ1) is 14.2. The van der Waals surface area contributed by atoms with Gasteiger partial charge in [0.15, 0.2) is 17.1 Å². The van der Waals surface area contributed by atoms with Gasteiger partial charge < -0.3 is 14.5 Å². The summed E-state index contributed by atoms with van der Waals surface area (Å²) in [6.45, 7) is 1.36. The van der Waals surface area contributed by atoms with Gasteiger partial charge in [0.2, 0.25) is 0 Å². The van der Waals surface area contributed by atoms with Crippen molar-refractivity contribution < 1.29 is 13.9 Å². The summed E-state index contributed by atoms with van der Waals surface area (Å²) in [5.74, 6) is 1.25. The number of carbonyl (C=O) groups is 1. The third-order valence-electron chi connectivity index (χ3n) is 7.54. The van der Waals surface area contributed by atoms with Gasteiger partial charge in [-0.25, -0.2) is 9.37 Å². The molecule has 1 spiro atoms. The van der Waals surface area contributed by atoms with Crippen molar-refractivity contribution in [3.8, 4) is 0 Å². The monoisotopic (exact) mass is 399 g/mol. The van der Waals surface area contributed by atoms with E-state index < -0.39 is 11.4 Å². The van der Waals surface area contributed by atoms with E-state index in [1.807, 2.05) is 6.07 Å². The molecule has 3 aliphatic heterocycles. The van der Waals surface area contributed by atoms with Crippen LogP contribution in [0.4, 0.5) is 10.2 Å². The van der Waals surface area contributed by atoms with Crippen molar-refractivity contribution in [2.24, 2.45) is 5.92 Å². The third kappa shape index (κ3) is 2.54. The molecule has 1 saturated carbocycles. The Balaban J connectivity index is 1.21. The van der Waals surface area contributed by atoms with E-state index in [0.29, 0.717) is 37.9 Å². The smallest absolute Gasteiger partial charge is 0.257 e. The standard InChI is InChI=1S/C21H26FN5O2/c22-15-13-24-27-17(7-10-23-19(15)27)25-11-8-21(9-12-25)20(28)26-16(5-6-18(26)29-21)14-3-1-2-4-14/h7,10,13-14,16,18H,1-6,8-9,11-12H2/t16?,18-/m1/s1. The SMILES string of the molecule is O=C1N2C(C3CCCC3)CC[C@H]2OC12CCN(c1ccnc3c(F)cnn13)CC2. The fourth-order valence-electron chi connectivity index (χ4n) is 6.07. The number of fused-ring (bicyclic) bond motifs is 2. The molecule has 1 unspecified atom stereocenters. The number of ether oxygens (including phenoxy) is 1. The van der Waals surface area contributed by atoms with Crippen molar-refractivity contribution in [2.45, 2.75) is 69.2 Å². The average Bonchev–Trinajstić information content (AvgIpc) is 3.51. The first-order valence-electron chi connectivity index (χ1n) is 10.9. The lowest BCUT2D eigenvalue weighted by Crippen LogP contribution is -2.52. The number of rotatable bonds is 2. The molecule has 3 saturated heterocycles. The Morgan fingerprint density at radius 2 is 1.93 bits per heavy atom. The van der Waals surface area contributed by atoms with E-state index in [4.69, 9.17) is 4.74 Å². The highest BCUT2D eigenvalue weighted by Crippen LogP contribution is 2.47. The third-order valence-corrected chi connectivity index (χ3v) is 7.54. The molecule has 2 aromatic rings. The predicted molar refractivity (Wildman–Crippen MR) is 104 cm³/mol. The minimum Gasteiger partial charge on any atom is -0.356 e. The zero-order valence-electron chi connectivity index (χ0n) is 16.5. The Morgan fingerprint density at radius 1 is 1.14 bits per heavy atom. The number of anilines is 1. The summed E-state index contributed by atoms with van der Waals surface area (Å²) in [6, 6.07) is 2.22. The molecule has 0 bridgehead atoms. The van der Waals surface area contributed by atoms with Crippen molar-refractivity contribution in [1.29, 1.82) is 0 Å². The van der Waals surface area contributed by atoms with Crippen LogP contribution in [0.3, 0.4) is 0 Å². The normalized spacial score (nSPS) is 29.5. The molecule has 7 nitrogen and oxygen atoms in total. The molecule has 154 valence electrons. The first kappa shape index (κ1) is 17.6. The number of carbonyl (C=O) groups excluding carboxylic acids is 1. The van der Waals surface area contributed by atoms with Gasteiger partial charge in [-0.3, -0.25) is 4.79 Å². The van der Waals surface area contributed by atoms with Gasteiger partial charge in [0.25, 0.3) is 5.91 Å². The summed E-state index contributed by atoms with van der Waals surface area (Å²) in [5.41, 5.74) is -0.448. The molecule has 5 heterocycles. The minimum absolute atomic E-state index is 0.0347. The molecule has 4 fully saturated rings. The lowest BCUT2D eigenvalue weighted by Gasteiger charge is -2.38. The highest BCUT2D eigenvalue weighted by atomic mass is 19.1. The van der Waals surface area contributed by atoms with Crippen LogP contribution in [0.2, 0.25) is 0 Å². The molecule has 8 heteroatoms. The van der Waals surface area contributed by atoms with Crippen LogP contribution in [0.1, 0.15) is 51.4 Å². The molecule has 1 amide bonds. The molecule has 0 aromatic carbocycles. The Kier molecular flexibility index (Phi) is 3.88. The van der Waals surface area contributed by atoms with Crippen molar-refractivity contribution in [3.63, 3.8) is 0 Å². The van der Waals surface area contributed by atoms with E-state index in [-0.39, 0.29) is 17.8 Å². The summed E-state index contributed by atoms with van der Waals surface area (Å²) in [4.78, 5) is 21.8. The maximum Gasteiger partial charge on any atom is 0.257 e. The van der Waals surface area contributed by atoms with E-state index in [9.17, 15) is 9.18 Å². The summed E-state index contributed by atoms with van der Waals surface area (Å²) in [5, 5.41) is 4.13. The fourth-order valence-corrected chi connectivity index (χ4v) is 6.07. The lowest BCUT2D eigenvalue weighted by molar-refractivity contribution is -0.140. The predicted octanol–water partition coefficient (Wildman–Crippen LogP) is 2.74. The summed E-state index contributed by atoms with van der Waals surface area (Å²) < 4.78 is 21.8. The zero-order chi connectivity index (χ0) is 19.6. The minimum atomic E-state index is -0.681. The quantitative estimate of drug-likeness (QED) is 0.777. The van der Waals surface area contributed by atoms with E-state index in [0.717, 1.165) is 18.7 Å². The number of piperidine rings is 1. The Hall–Kier alpha value is -2.22. The molecule has 1 aliphatic carbocycles. The van der Waals surface area contributed by atoms with Gasteiger partial charge in [-0.2, -0.15) is 9.61 Å². The second-order valence-electron chi connectivity index (χ2n) is 8.99. The Labute approximate surface area is 168 Å². The van der Waals surface area contributed by atoms with E-state index >= 15 is 0 Å². The van der Waals surface area contributed by atoms with Crippen molar-refractivity contribution in [3.05, 3.63) is 24.3 Å². The molecule has 2 atom stereocenters. The first-order valence-corrected chi connectivity index (χ1v) is 10.9. The summed E-state index contributed by atoms with van der Waals surface area (Å²) >= 11 is 0. The molecule has 6 rings (SSSR count). The van der Waals surface area contributed by atoms with Gasteiger partial charge in [0.05, 0.1) is 6.20 Å². The van der Waals surface area contributed by atoms with Gasteiger partial charge in [-0.05, 0) is 37.7 Å². The number of amides is 1. The van der Waals surface area contributed by atoms with Crippen LogP contribution in [-0.2, 0) is 9.53 Å². The molecule has 29 heavy (non-hydrogen) atoms. The zero-order valence-corrected chi connectivity index (χ0v) is 16.5. The lowest BCUT2D eigenvalue weighted by atomic mass is 9.88. The highest BCUT2D eigenvalue weighted by Gasteiger charge is 2.58. The average molecular weight is 399 g/mol. The van der Waals surface area contributed by atoms with E-state index in [2.05, 4.69) is 19.9 Å². The van der Waals surface area contributed by atoms with E-state index in [1.165, 1.54) is 31.9 Å². The van der Waals surface area contributed by atoms with E-state index in [1.54, 1.807) is 10.7 Å². The molecule has 0 radical (unpaired) electrons. The van der Waals surface area contributed by atoms with Crippen LogP contribution in [0, 0.1) is 11.7 Å². The van der Waals surface area contributed by atoms with Crippen LogP contribution in [0.15, 0.2) is 18.5 Å². The van der Waals surface area contributed by atoms with Crippen molar-refractivity contribution in [2.75, 3.05) is 18.0 Å². The number of halogens is 1. The number of hydrogen-bond acceptors (Lipinski definition) is 5.